The number of methoxy groups -OCH3 is 1. The number of hydrogen-bond donors (Lipinski definition) is 1. The van der Waals surface area contributed by atoms with E-state index in [1.807, 2.05) is 18.2 Å². The molecule has 1 N–H and O–H groups in total. The molecule has 108 valence electrons. The summed E-state index contributed by atoms with van der Waals surface area (Å²) in [5.41, 5.74) is 0.626. The Morgan fingerprint density at radius 2 is 1.76 bits per heavy atom. The van der Waals surface area contributed by atoms with Crippen LogP contribution < -0.4 is 10.1 Å². The van der Waals surface area contributed by atoms with Gasteiger partial charge in [0.15, 0.2) is 0 Å². The van der Waals surface area contributed by atoms with Gasteiger partial charge in [-0.2, -0.15) is 5.26 Å². The lowest BCUT2D eigenvalue weighted by molar-refractivity contribution is 0.414. The summed E-state index contributed by atoms with van der Waals surface area (Å²) < 4.78 is 32.4. The zero-order valence-corrected chi connectivity index (χ0v) is 11.4. The zero-order chi connectivity index (χ0) is 15.2. The standard InChI is InChI=1S/C16H14F2N2O/c1-21-12-7-5-11(6-8-12)10-20-15(9-19)16-13(17)3-2-4-14(16)18/h2-8,15,20H,10H2,1H3/t15-/m1/s1. The largest absolute Gasteiger partial charge is 0.497 e. The molecule has 0 amide bonds. The monoisotopic (exact) mass is 288 g/mol. The molecule has 21 heavy (non-hydrogen) atoms. The van der Waals surface area contributed by atoms with Gasteiger partial charge in [0.1, 0.15) is 23.4 Å². The Balaban J connectivity index is 2.11. The van der Waals surface area contributed by atoms with Crippen molar-refractivity contribution in [3.63, 3.8) is 0 Å². The van der Waals surface area contributed by atoms with Crippen LogP contribution in [0, 0.1) is 23.0 Å². The topological polar surface area (TPSA) is 45.0 Å². The van der Waals surface area contributed by atoms with E-state index in [1.165, 1.54) is 6.07 Å². The van der Waals surface area contributed by atoms with Crippen LogP contribution in [0.4, 0.5) is 8.78 Å². The molecule has 2 aromatic rings. The van der Waals surface area contributed by atoms with Gasteiger partial charge in [-0.1, -0.05) is 18.2 Å². The van der Waals surface area contributed by atoms with Crippen molar-refractivity contribution in [1.82, 2.24) is 5.32 Å². The molecule has 0 unspecified atom stereocenters. The fourth-order valence-electron chi connectivity index (χ4n) is 1.96. The smallest absolute Gasteiger partial charge is 0.131 e. The number of nitriles is 1. The lowest BCUT2D eigenvalue weighted by Gasteiger charge is -2.13. The highest BCUT2D eigenvalue weighted by atomic mass is 19.1. The molecule has 0 saturated carbocycles. The van der Waals surface area contributed by atoms with E-state index in [9.17, 15) is 8.78 Å². The molecule has 0 fully saturated rings. The van der Waals surface area contributed by atoms with Crippen molar-refractivity contribution in [2.45, 2.75) is 12.6 Å². The van der Waals surface area contributed by atoms with Crippen LogP contribution in [0.15, 0.2) is 42.5 Å². The molecule has 0 radical (unpaired) electrons. The maximum atomic E-state index is 13.7. The van der Waals surface area contributed by atoms with Gasteiger partial charge < -0.3 is 4.74 Å². The number of hydrogen-bond acceptors (Lipinski definition) is 3. The summed E-state index contributed by atoms with van der Waals surface area (Å²) in [5, 5.41) is 12.0. The van der Waals surface area contributed by atoms with Gasteiger partial charge in [-0.05, 0) is 29.8 Å². The second-order valence-corrected chi connectivity index (χ2v) is 4.43. The first-order valence-electron chi connectivity index (χ1n) is 6.35. The fraction of sp³-hybridized carbons (Fsp3) is 0.188. The minimum absolute atomic E-state index is 0.256. The van der Waals surface area contributed by atoms with Crippen molar-refractivity contribution < 1.29 is 13.5 Å². The second kappa shape index (κ2) is 6.82. The molecule has 3 nitrogen and oxygen atoms in total. The van der Waals surface area contributed by atoms with Gasteiger partial charge in [-0.25, -0.2) is 8.78 Å². The lowest BCUT2D eigenvalue weighted by atomic mass is 10.1. The van der Waals surface area contributed by atoms with Crippen molar-refractivity contribution in [3.05, 3.63) is 65.2 Å². The molecule has 1 atom stereocenters. The molecule has 2 aromatic carbocycles. The van der Waals surface area contributed by atoms with Gasteiger partial charge in [0, 0.05) is 6.54 Å². The maximum Gasteiger partial charge on any atom is 0.131 e. The zero-order valence-electron chi connectivity index (χ0n) is 11.4. The van der Waals surface area contributed by atoms with Gasteiger partial charge in [-0.3, -0.25) is 5.32 Å². The molecule has 0 aliphatic heterocycles. The lowest BCUT2D eigenvalue weighted by Crippen LogP contribution is -2.21. The van der Waals surface area contributed by atoms with Crippen molar-refractivity contribution in [2.75, 3.05) is 7.11 Å². The van der Waals surface area contributed by atoms with Crippen molar-refractivity contribution in [3.8, 4) is 11.8 Å². The summed E-state index contributed by atoms with van der Waals surface area (Å²) in [4.78, 5) is 0. The van der Waals surface area contributed by atoms with Crippen LogP contribution >= 0.6 is 0 Å². The van der Waals surface area contributed by atoms with E-state index >= 15 is 0 Å². The Bertz CT molecular complexity index is 630. The summed E-state index contributed by atoms with van der Waals surface area (Å²) in [6, 6.07) is 11.6. The summed E-state index contributed by atoms with van der Waals surface area (Å²) in [6.45, 7) is 0.315. The number of nitrogens with one attached hydrogen (secondary N) is 1. The minimum Gasteiger partial charge on any atom is -0.497 e. The van der Waals surface area contributed by atoms with Crippen molar-refractivity contribution in [2.24, 2.45) is 0 Å². The number of rotatable bonds is 5. The molecule has 0 aromatic heterocycles. The number of ether oxygens (including phenoxy) is 1. The third kappa shape index (κ3) is 3.56. The first kappa shape index (κ1) is 14.9. The van der Waals surface area contributed by atoms with Crippen molar-refractivity contribution in [1.29, 1.82) is 5.26 Å². The Morgan fingerprint density at radius 3 is 2.29 bits per heavy atom. The Morgan fingerprint density at radius 1 is 1.14 bits per heavy atom. The van der Waals surface area contributed by atoms with E-state index in [0.717, 1.165) is 23.4 Å². The van der Waals surface area contributed by atoms with E-state index < -0.39 is 17.7 Å². The molecule has 0 spiro atoms. The predicted octanol–water partition coefficient (Wildman–Crippen LogP) is 3.33. The summed E-state index contributed by atoms with van der Waals surface area (Å²) in [6.07, 6.45) is 0. The summed E-state index contributed by atoms with van der Waals surface area (Å²) >= 11 is 0. The van der Waals surface area contributed by atoms with Gasteiger partial charge in [0.2, 0.25) is 0 Å². The molecule has 0 aliphatic rings. The van der Waals surface area contributed by atoms with Crippen molar-refractivity contribution >= 4 is 0 Å². The molecule has 0 saturated heterocycles. The van der Waals surface area contributed by atoms with Crippen LogP contribution in [0.25, 0.3) is 0 Å². The molecule has 0 bridgehead atoms. The molecule has 2 rings (SSSR count). The Kier molecular flexibility index (Phi) is 4.85. The molecule has 0 heterocycles. The van der Waals surface area contributed by atoms with Crippen LogP contribution in [0.1, 0.15) is 17.2 Å². The minimum atomic E-state index is -1.05. The van der Waals surface area contributed by atoms with Crippen LogP contribution in [-0.4, -0.2) is 7.11 Å². The Labute approximate surface area is 121 Å². The average Bonchev–Trinajstić information content (AvgIpc) is 2.50. The van der Waals surface area contributed by atoms with E-state index in [-0.39, 0.29) is 5.56 Å². The summed E-state index contributed by atoms with van der Waals surface area (Å²) in [5.74, 6) is -0.747. The predicted molar refractivity (Wildman–Crippen MR) is 74.5 cm³/mol. The Hall–Kier alpha value is -2.45. The number of nitrogens with zero attached hydrogens (tertiary/aromatic N) is 1. The normalized spacial score (nSPS) is 11.7. The first-order chi connectivity index (χ1) is 10.2. The highest BCUT2D eigenvalue weighted by Gasteiger charge is 2.19. The van der Waals surface area contributed by atoms with Gasteiger partial charge >= 0.3 is 0 Å². The quantitative estimate of drug-likeness (QED) is 0.918. The molecular formula is C16H14F2N2O. The van der Waals surface area contributed by atoms with E-state index in [4.69, 9.17) is 10.00 Å². The highest BCUT2D eigenvalue weighted by molar-refractivity contribution is 5.29. The van der Waals surface area contributed by atoms with Gasteiger partial charge in [0.25, 0.3) is 0 Å². The highest BCUT2D eigenvalue weighted by Crippen LogP contribution is 2.21. The molecule has 0 aliphatic carbocycles. The molecule has 5 heteroatoms. The fourth-order valence-corrected chi connectivity index (χ4v) is 1.96. The van der Waals surface area contributed by atoms with Crippen LogP contribution in [-0.2, 0) is 6.54 Å². The van der Waals surface area contributed by atoms with E-state index in [2.05, 4.69) is 5.32 Å². The third-order valence-corrected chi connectivity index (χ3v) is 3.09. The summed E-state index contributed by atoms with van der Waals surface area (Å²) in [7, 11) is 1.57. The maximum absolute atomic E-state index is 13.7. The van der Waals surface area contributed by atoms with E-state index in [0.29, 0.717) is 6.54 Å². The SMILES string of the molecule is COc1ccc(CN[C@H](C#N)c2c(F)cccc2F)cc1. The number of halogens is 2. The van der Waals surface area contributed by atoms with Gasteiger partial charge in [0.05, 0.1) is 18.7 Å². The van der Waals surface area contributed by atoms with Crippen LogP contribution in [0.3, 0.4) is 0 Å². The second-order valence-electron chi connectivity index (χ2n) is 4.43. The molecular weight excluding hydrogens is 274 g/mol. The van der Waals surface area contributed by atoms with E-state index in [1.54, 1.807) is 19.2 Å². The first-order valence-corrected chi connectivity index (χ1v) is 6.35. The van der Waals surface area contributed by atoms with Crippen LogP contribution in [0.2, 0.25) is 0 Å². The number of benzene rings is 2. The third-order valence-electron chi connectivity index (χ3n) is 3.09. The average molecular weight is 288 g/mol. The van der Waals surface area contributed by atoms with Crippen LogP contribution in [0.5, 0.6) is 5.75 Å². The van der Waals surface area contributed by atoms with Gasteiger partial charge in [-0.15, -0.1) is 0 Å².